The van der Waals surface area contributed by atoms with Gasteiger partial charge in [-0.15, -0.1) is 0 Å². The number of hydrogen-bond donors (Lipinski definition) is 2. The van der Waals surface area contributed by atoms with Crippen LogP contribution in [0.25, 0.3) is 0 Å². The molecular weight excluding hydrogens is 411 g/mol. The fourth-order valence-corrected chi connectivity index (χ4v) is 4.14. The summed E-state index contributed by atoms with van der Waals surface area (Å²) in [6.45, 7) is 4.24. The summed E-state index contributed by atoms with van der Waals surface area (Å²) in [6.07, 6.45) is -1.64. The van der Waals surface area contributed by atoms with Crippen LogP contribution in [-0.4, -0.2) is 77.1 Å². The van der Waals surface area contributed by atoms with Gasteiger partial charge in [0.05, 0.1) is 37.0 Å². The van der Waals surface area contributed by atoms with Crippen LogP contribution < -0.4 is 10.2 Å². The van der Waals surface area contributed by atoms with Crippen LogP contribution in [0.1, 0.15) is 11.4 Å². The lowest BCUT2D eigenvalue weighted by atomic mass is 10.1. The third-order valence-electron chi connectivity index (χ3n) is 6.08. The molecule has 0 aliphatic carbocycles. The number of aromatic nitrogens is 2. The van der Waals surface area contributed by atoms with E-state index < -0.39 is 17.8 Å². The Kier molecular flexibility index (Phi) is 6.52. The summed E-state index contributed by atoms with van der Waals surface area (Å²) in [7, 11) is 1.92. The van der Waals surface area contributed by atoms with Gasteiger partial charge in [-0.3, -0.25) is 4.90 Å². The standard InChI is InChI=1S/C21H28F3N5O2/c1-27-6-5-25-19(27)12-26-17-14-31-18(20(17)30)13-28-7-9-29(10-8-28)16-4-2-3-15(11-16)21(22,23)24/h2-6,11,17-18,20,26,30H,7-10,12-14H2,1H3/t17-,18-,20+/m0/s1. The van der Waals surface area contributed by atoms with Crippen molar-refractivity contribution in [2.45, 2.75) is 31.0 Å². The zero-order valence-corrected chi connectivity index (χ0v) is 17.4. The van der Waals surface area contributed by atoms with E-state index in [0.717, 1.165) is 11.9 Å². The van der Waals surface area contributed by atoms with Crippen LogP contribution in [0.4, 0.5) is 18.9 Å². The first-order chi connectivity index (χ1) is 14.8. The van der Waals surface area contributed by atoms with Gasteiger partial charge in [-0.1, -0.05) is 6.07 Å². The van der Waals surface area contributed by atoms with E-state index >= 15 is 0 Å². The molecular formula is C21H28F3N5O2. The summed E-state index contributed by atoms with van der Waals surface area (Å²) in [5.41, 5.74) is -0.0378. The number of imidazole rings is 1. The lowest BCUT2D eigenvalue weighted by molar-refractivity contribution is -0.137. The Balaban J connectivity index is 1.25. The summed E-state index contributed by atoms with van der Waals surface area (Å²) in [5.74, 6) is 0.890. The molecule has 0 saturated carbocycles. The highest BCUT2D eigenvalue weighted by Crippen LogP contribution is 2.32. The SMILES string of the molecule is Cn1ccnc1CN[C@H]1CO[C@@H](CN2CCN(c3cccc(C(F)(F)F)c3)CC2)[C@@H]1O. The minimum atomic E-state index is -4.34. The fraction of sp³-hybridized carbons (Fsp3) is 0.571. The summed E-state index contributed by atoms with van der Waals surface area (Å²) >= 11 is 0. The molecule has 0 spiro atoms. The average Bonchev–Trinajstić information content (AvgIpc) is 3.32. The molecule has 1 aromatic carbocycles. The largest absolute Gasteiger partial charge is 0.416 e. The van der Waals surface area contributed by atoms with E-state index in [-0.39, 0.29) is 12.1 Å². The Morgan fingerprint density at radius 2 is 2.00 bits per heavy atom. The second-order valence-electron chi connectivity index (χ2n) is 8.14. The van der Waals surface area contributed by atoms with Gasteiger partial charge in [0.2, 0.25) is 0 Å². The lowest BCUT2D eigenvalue weighted by Gasteiger charge is -2.37. The normalized spacial score (nSPS) is 25.3. The van der Waals surface area contributed by atoms with E-state index in [4.69, 9.17) is 4.74 Å². The second-order valence-corrected chi connectivity index (χ2v) is 8.14. The van der Waals surface area contributed by atoms with Gasteiger partial charge in [0, 0.05) is 57.9 Å². The van der Waals surface area contributed by atoms with Crippen molar-refractivity contribution in [2.24, 2.45) is 7.05 Å². The van der Waals surface area contributed by atoms with Gasteiger partial charge in [-0.05, 0) is 18.2 Å². The van der Waals surface area contributed by atoms with Crippen molar-refractivity contribution in [1.29, 1.82) is 0 Å². The van der Waals surface area contributed by atoms with E-state index in [2.05, 4.69) is 15.2 Å². The summed E-state index contributed by atoms with van der Waals surface area (Å²) in [5, 5.41) is 14.0. The number of rotatable bonds is 6. The third kappa shape index (κ3) is 5.20. The van der Waals surface area contributed by atoms with E-state index in [9.17, 15) is 18.3 Å². The minimum Gasteiger partial charge on any atom is -0.389 e. The molecule has 2 N–H and O–H groups in total. The number of aliphatic hydroxyl groups is 1. The number of aryl methyl sites for hydroxylation is 1. The number of aliphatic hydroxyl groups excluding tert-OH is 1. The quantitative estimate of drug-likeness (QED) is 0.711. The molecule has 170 valence electrons. The lowest BCUT2D eigenvalue weighted by Crippen LogP contribution is -2.51. The van der Waals surface area contributed by atoms with Crippen LogP contribution in [0.2, 0.25) is 0 Å². The molecule has 2 fully saturated rings. The zero-order chi connectivity index (χ0) is 22.0. The van der Waals surface area contributed by atoms with E-state index in [1.165, 1.54) is 12.1 Å². The Morgan fingerprint density at radius 1 is 1.23 bits per heavy atom. The first-order valence-corrected chi connectivity index (χ1v) is 10.4. The number of halogens is 3. The number of nitrogens with zero attached hydrogens (tertiary/aromatic N) is 4. The van der Waals surface area contributed by atoms with Crippen LogP contribution in [0.15, 0.2) is 36.7 Å². The van der Waals surface area contributed by atoms with Crippen molar-refractivity contribution >= 4 is 5.69 Å². The number of benzene rings is 1. The molecule has 0 radical (unpaired) electrons. The van der Waals surface area contributed by atoms with E-state index in [1.807, 2.05) is 22.7 Å². The third-order valence-corrected chi connectivity index (χ3v) is 6.08. The molecule has 2 aliphatic heterocycles. The summed E-state index contributed by atoms with van der Waals surface area (Å²) < 4.78 is 46.7. The Bertz CT molecular complexity index is 867. The predicted octanol–water partition coefficient (Wildman–Crippen LogP) is 1.48. The number of piperazine rings is 1. The van der Waals surface area contributed by atoms with Gasteiger partial charge in [-0.25, -0.2) is 4.98 Å². The van der Waals surface area contributed by atoms with Crippen LogP contribution in [0.5, 0.6) is 0 Å². The fourth-order valence-electron chi connectivity index (χ4n) is 4.14. The first-order valence-electron chi connectivity index (χ1n) is 10.4. The molecule has 0 bridgehead atoms. The number of nitrogens with one attached hydrogen (secondary N) is 1. The Hall–Kier alpha value is -2.14. The maximum Gasteiger partial charge on any atom is 0.416 e. The highest BCUT2D eigenvalue weighted by molar-refractivity contribution is 5.49. The number of alkyl halides is 3. The molecule has 4 rings (SSSR count). The highest BCUT2D eigenvalue weighted by Gasteiger charge is 2.37. The van der Waals surface area contributed by atoms with Gasteiger partial charge >= 0.3 is 6.18 Å². The monoisotopic (exact) mass is 439 g/mol. The average molecular weight is 439 g/mol. The molecule has 2 saturated heterocycles. The maximum absolute atomic E-state index is 13.0. The molecule has 7 nitrogen and oxygen atoms in total. The number of hydrogen-bond acceptors (Lipinski definition) is 6. The topological polar surface area (TPSA) is 65.8 Å². The molecule has 3 atom stereocenters. The molecule has 2 aromatic rings. The molecule has 0 amide bonds. The Morgan fingerprint density at radius 3 is 2.68 bits per heavy atom. The van der Waals surface area contributed by atoms with Gasteiger partial charge < -0.3 is 24.6 Å². The van der Waals surface area contributed by atoms with Crippen LogP contribution >= 0.6 is 0 Å². The number of ether oxygens (including phenoxy) is 1. The number of anilines is 1. The zero-order valence-electron chi connectivity index (χ0n) is 17.4. The highest BCUT2D eigenvalue weighted by atomic mass is 19.4. The minimum absolute atomic E-state index is 0.159. The van der Waals surface area contributed by atoms with Crippen LogP contribution in [0.3, 0.4) is 0 Å². The van der Waals surface area contributed by atoms with Gasteiger partial charge in [-0.2, -0.15) is 13.2 Å². The Labute approximate surface area is 179 Å². The van der Waals surface area contributed by atoms with Crippen molar-refractivity contribution in [1.82, 2.24) is 19.8 Å². The maximum atomic E-state index is 13.0. The molecule has 31 heavy (non-hydrogen) atoms. The summed E-state index contributed by atoms with van der Waals surface area (Å²) in [6, 6.07) is 5.31. The van der Waals surface area contributed by atoms with Gasteiger partial charge in [0.1, 0.15) is 5.82 Å². The molecule has 1 aromatic heterocycles. The second kappa shape index (κ2) is 9.15. The molecule has 0 unspecified atom stereocenters. The molecule has 10 heteroatoms. The van der Waals surface area contributed by atoms with E-state index in [0.29, 0.717) is 51.6 Å². The smallest absolute Gasteiger partial charge is 0.389 e. The predicted molar refractivity (Wildman–Crippen MR) is 110 cm³/mol. The molecule has 2 aliphatic rings. The van der Waals surface area contributed by atoms with Crippen molar-refractivity contribution < 1.29 is 23.0 Å². The molecule has 3 heterocycles. The van der Waals surface area contributed by atoms with Crippen molar-refractivity contribution in [3.8, 4) is 0 Å². The van der Waals surface area contributed by atoms with Gasteiger partial charge in [0.25, 0.3) is 0 Å². The first kappa shape index (κ1) is 22.1. The van der Waals surface area contributed by atoms with Gasteiger partial charge in [0.15, 0.2) is 0 Å². The van der Waals surface area contributed by atoms with Crippen LogP contribution in [0, 0.1) is 0 Å². The van der Waals surface area contributed by atoms with Crippen molar-refractivity contribution in [2.75, 3.05) is 44.2 Å². The van der Waals surface area contributed by atoms with E-state index in [1.54, 1.807) is 12.3 Å². The van der Waals surface area contributed by atoms with Crippen LogP contribution in [-0.2, 0) is 24.5 Å². The summed E-state index contributed by atoms with van der Waals surface area (Å²) in [4.78, 5) is 8.43. The van der Waals surface area contributed by atoms with Crippen molar-refractivity contribution in [3.63, 3.8) is 0 Å². The van der Waals surface area contributed by atoms with Crippen molar-refractivity contribution in [3.05, 3.63) is 48.0 Å².